The standard InChI is InChI=1S/C14H12FN/c1-2-13(15)11-7-3-4-8-12(11)14-9-5-6-10-16-14/h2-10,13H,1H2. The largest absolute Gasteiger partial charge is 0.256 e. The molecule has 0 aliphatic heterocycles. The van der Waals surface area contributed by atoms with Crippen molar-refractivity contribution in [3.05, 3.63) is 66.9 Å². The molecule has 0 saturated carbocycles. The van der Waals surface area contributed by atoms with E-state index in [0.717, 1.165) is 11.3 Å². The van der Waals surface area contributed by atoms with Crippen molar-refractivity contribution in [2.75, 3.05) is 0 Å². The smallest absolute Gasteiger partial charge is 0.144 e. The summed E-state index contributed by atoms with van der Waals surface area (Å²) in [6.45, 7) is 3.48. The number of hydrogen-bond donors (Lipinski definition) is 0. The normalized spacial score (nSPS) is 12.1. The van der Waals surface area contributed by atoms with Gasteiger partial charge in [0.25, 0.3) is 0 Å². The summed E-state index contributed by atoms with van der Waals surface area (Å²) in [4.78, 5) is 4.23. The number of nitrogens with zero attached hydrogens (tertiary/aromatic N) is 1. The molecule has 0 aliphatic carbocycles. The molecule has 1 nitrogen and oxygen atoms in total. The third kappa shape index (κ3) is 2.01. The van der Waals surface area contributed by atoms with Crippen LogP contribution in [-0.2, 0) is 0 Å². The Morgan fingerprint density at radius 3 is 2.56 bits per heavy atom. The van der Waals surface area contributed by atoms with Crippen LogP contribution in [0.25, 0.3) is 11.3 Å². The van der Waals surface area contributed by atoms with E-state index in [1.54, 1.807) is 12.3 Å². The monoisotopic (exact) mass is 213 g/mol. The highest BCUT2D eigenvalue weighted by atomic mass is 19.1. The highest BCUT2D eigenvalue weighted by molar-refractivity contribution is 5.64. The summed E-state index contributed by atoms with van der Waals surface area (Å²) < 4.78 is 13.7. The number of aromatic nitrogens is 1. The van der Waals surface area contributed by atoms with Gasteiger partial charge in [-0.25, -0.2) is 4.39 Å². The maximum atomic E-state index is 13.7. The topological polar surface area (TPSA) is 12.9 Å². The zero-order valence-electron chi connectivity index (χ0n) is 8.81. The number of halogens is 1. The molecule has 16 heavy (non-hydrogen) atoms. The number of hydrogen-bond acceptors (Lipinski definition) is 1. The van der Waals surface area contributed by atoms with E-state index in [0.29, 0.717) is 5.56 Å². The van der Waals surface area contributed by atoms with E-state index in [-0.39, 0.29) is 0 Å². The Hall–Kier alpha value is -1.96. The maximum absolute atomic E-state index is 13.7. The van der Waals surface area contributed by atoms with E-state index in [9.17, 15) is 4.39 Å². The minimum Gasteiger partial charge on any atom is -0.256 e. The summed E-state index contributed by atoms with van der Waals surface area (Å²) in [5.74, 6) is 0. The molecule has 2 rings (SSSR count). The predicted molar refractivity (Wildman–Crippen MR) is 63.7 cm³/mol. The molecular formula is C14H12FN. The quantitative estimate of drug-likeness (QED) is 0.703. The molecule has 0 radical (unpaired) electrons. The van der Waals surface area contributed by atoms with Gasteiger partial charge in [0.1, 0.15) is 6.17 Å². The first-order valence-corrected chi connectivity index (χ1v) is 5.10. The molecule has 0 amide bonds. The van der Waals surface area contributed by atoms with Crippen molar-refractivity contribution < 1.29 is 4.39 Å². The lowest BCUT2D eigenvalue weighted by atomic mass is 10.0. The highest BCUT2D eigenvalue weighted by Crippen LogP contribution is 2.29. The molecule has 1 aromatic heterocycles. The number of benzene rings is 1. The molecule has 0 N–H and O–H groups in total. The molecule has 1 aromatic carbocycles. The van der Waals surface area contributed by atoms with E-state index in [4.69, 9.17) is 0 Å². The van der Waals surface area contributed by atoms with E-state index in [1.807, 2.05) is 36.4 Å². The average molecular weight is 213 g/mol. The van der Waals surface area contributed by atoms with Crippen LogP contribution in [0.3, 0.4) is 0 Å². The van der Waals surface area contributed by atoms with Crippen LogP contribution in [0, 0.1) is 0 Å². The molecule has 0 bridgehead atoms. The van der Waals surface area contributed by atoms with Crippen LogP contribution in [0.4, 0.5) is 4.39 Å². The number of alkyl halides is 1. The number of rotatable bonds is 3. The Bertz CT molecular complexity index is 479. The minimum absolute atomic E-state index is 0.608. The third-order valence-corrected chi connectivity index (χ3v) is 2.41. The van der Waals surface area contributed by atoms with Gasteiger partial charge in [0.05, 0.1) is 5.69 Å². The number of allylic oxidation sites excluding steroid dienone is 1. The van der Waals surface area contributed by atoms with Gasteiger partial charge in [-0.2, -0.15) is 0 Å². The molecule has 0 fully saturated rings. The van der Waals surface area contributed by atoms with Gasteiger partial charge >= 0.3 is 0 Å². The van der Waals surface area contributed by atoms with Crippen LogP contribution < -0.4 is 0 Å². The summed E-state index contributed by atoms with van der Waals surface area (Å²) in [5, 5.41) is 0. The summed E-state index contributed by atoms with van der Waals surface area (Å²) in [5.41, 5.74) is 2.20. The van der Waals surface area contributed by atoms with E-state index in [2.05, 4.69) is 11.6 Å². The Balaban J connectivity index is 2.53. The molecule has 0 spiro atoms. The van der Waals surface area contributed by atoms with Crippen molar-refractivity contribution in [3.63, 3.8) is 0 Å². The van der Waals surface area contributed by atoms with Crippen LogP contribution >= 0.6 is 0 Å². The Morgan fingerprint density at radius 2 is 1.88 bits per heavy atom. The third-order valence-electron chi connectivity index (χ3n) is 2.41. The summed E-state index contributed by atoms with van der Waals surface area (Å²) in [6, 6.07) is 12.9. The van der Waals surface area contributed by atoms with Gasteiger partial charge in [-0.05, 0) is 17.7 Å². The SMILES string of the molecule is C=CC(F)c1ccccc1-c1ccccn1. The van der Waals surface area contributed by atoms with Crippen molar-refractivity contribution in [1.82, 2.24) is 4.98 Å². The van der Waals surface area contributed by atoms with Gasteiger partial charge in [0, 0.05) is 11.8 Å². The van der Waals surface area contributed by atoms with Crippen molar-refractivity contribution in [3.8, 4) is 11.3 Å². The zero-order valence-corrected chi connectivity index (χ0v) is 8.81. The summed E-state index contributed by atoms with van der Waals surface area (Å²) >= 11 is 0. The van der Waals surface area contributed by atoms with Crippen LogP contribution in [0.1, 0.15) is 11.7 Å². The highest BCUT2D eigenvalue weighted by Gasteiger charge is 2.11. The number of pyridine rings is 1. The minimum atomic E-state index is -1.15. The van der Waals surface area contributed by atoms with Gasteiger partial charge in [0.15, 0.2) is 0 Å². The molecule has 2 heteroatoms. The van der Waals surface area contributed by atoms with Gasteiger partial charge in [0.2, 0.25) is 0 Å². The molecule has 1 heterocycles. The van der Waals surface area contributed by atoms with E-state index >= 15 is 0 Å². The van der Waals surface area contributed by atoms with Crippen molar-refractivity contribution in [2.45, 2.75) is 6.17 Å². The Labute approximate surface area is 94.3 Å². The van der Waals surface area contributed by atoms with Gasteiger partial charge in [-0.1, -0.05) is 43.0 Å². The lowest BCUT2D eigenvalue weighted by Crippen LogP contribution is -1.93. The van der Waals surface area contributed by atoms with Gasteiger partial charge in [-0.15, -0.1) is 0 Å². The molecule has 1 unspecified atom stereocenters. The fourth-order valence-corrected chi connectivity index (χ4v) is 1.62. The molecule has 80 valence electrons. The first-order chi connectivity index (χ1) is 7.83. The first-order valence-electron chi connectivity index (χ1n) is 5.10. The van der Waals surface area contributed by atoms with Crippen molar-refractivity contribution >= 4 is 0 Å². The fourth-order valence-electron chi connectivity index (χ4n) is 1.62. The molecule has 2 aromatic rings. The molecule has 1 atom stereocenters. The molecular weight excluding hydrogens is 201 g/mol. The second-order valence-corrected chi connectivity index (χ2v) is 3.44. The summed E-state index contributed by atoms with van der Waals surface area (Å²) in [7, 11) is 0. The zero-order chi connectivity index (χ0) is 11.4. The second-order valence-electron chi connectivity index (χ2n) is 3.44. The average Bonchev–Trinajstić information content (AvgIpc) is 2.39. The first kappa shape index (κ1) is 10.6. The van der Waals surface area contributed by atoms with E-state index in [1.165, 1.54) is 6.08 Å². The molecule has 0 saturated heterocycles. The maximum Gasteiger partial charge on any atom is 0.144 e. The van der Waals surface area contributed by atoms with E-state index < -0.39 is 6.17 Å². The van der Waals surface area contributed by atoms with Crippen molar-refractivity contribution in [1.29, 1.82) is 0 Å². The van der Waals surface area contributed by atoms with Gasteiger partial charge in [-0.3, -0.25) is 4.98 Å². The predicted octanol–water partition coefficient (Wildman–Crippen LogP) is 3.95. The van der Waals surface area contributed by atoms with Crippen LogP contribution in [-0.4, -0.2) is 4.98 Å². The Morgan fingerprint density at radius 1 is 1.12 bits per heavy atom. The lowest BCUT2D eigenvalue weighted by molar-refractivity contribution is 0.416. The van der Waals surface area contributed by atoms with Crippen molar-refractivity contribution in [2.24, 2.45) is 0 Å². The Kier molecular flexibility index (Phi) is 3.10. The molecule has 0 aliphatic rings. The van der Waals surface area contributed by atoms with Gasteiger partial charge < -0.3 is 0 Å². The van der Waals surface area contributed by atoms with Crippen LogP contribution in [0.2, 0.25) is 0 Å². The lowest BCUT2D eigenvalue weighted by Gasteiger charge is -2.09. The summed E-state index contributed by atoms with van der Waals surface area (Å²) in [6.07, 6.45) is 1.84. The van der Waals surface area contributed by atoms with Crippen LogP contribution in [0.15, 0.2) is 61.3 Å². The van der Waals surface area contributed by atoms with Crippen LogP contribution in [0.5, 0.6) is 0 Å². The fraction of sp³-hybridized carbons (Fsp3) is 0.0714. The second kappa shape index (κ2) is 4.71.